The number of hydrogen-bond donors (Lipinski definition) is 0. The van der Waals surface area contributed by atoms with E-state index in [0.717, 1.165) is 57.8 Å². The lowest BCUT2D eigenvalue weighted by molar-refractivity contribution is 0.716. The highest BCUT2D eigenvalue weighted by Crippen LogP contribution is 2.32. The number of nitrogens with zero attached hydrogens (tertiary/aromatic N) is 5. The van der Waals surface area contributed by atoms with Crippen LogP contribution in [0.4, 0.5) is 0 Å². The molecular weight excluding hydrogens is 394 g/mol. The van der Waals surface area contributed by atoms with Crippen LogP contribution in [0.25, 0.3) is 22.3 Å². The molecule has 0 N–H and O–H groups in total. The second-order valence-electron chi connectivity index (χ2n) is 7.75. The molecule has 0 fully saturated rings. The molecular formula is C24H24ClN5. The van der Waals surface area contributed by atoms with Crippen LogP contribution in [-0.2, 0) is 20.0 Å². The Hall–Kier alpha value is -3.10. The van der Waals surface area contributed by atoms with Gasteiger partial charge in [-0.25, -0.2) is 9.97 Å². The molecule has 0 aliphatic carbocycles. The third kappa shape index (κ3) is 3.48. The molecule has 0 aliphatic heterocycles. The first-order valence-electron chi connectivity index (χ1n) is 10.1. The lowest BCUT2D eigenvalue weighted by Crippen LogP contribution is -2.06. The van der Waals surface area contributed by atoms with Crippen LogP contribution in [0.15, 0.2) is 36.5 Å². The number of aryl methyl sites for hydroxylation is 4. The van der Waals surface area contributed by atoms with Crippen molar-refractivity contribution < 1.29 is 0 Å². The molecule has 3 heterocycles. The highest BCUT2D eigenvalue weighted by molar-refractivity contribution is 6.32. The van der Waals surface area contributed by atoms with Crippen molar-refractivity contribution in [3.8, 4) is 17.2 Å². The van der Waals surface area contributed by atoms with E-state index in [-0.39, 0.29) is 0 Å². The van der Waals surface area contributed by atoms with Crippen molar-refractivity contribution in [3.05, 3.63) is 69.9 Å². The SMILES string of the molecule is CCCc1nc2c(C)cc(C)nc2n1Cc1ccc(-c2c(C#N)cn(C)c2Cl)cc1. The average Bonchev–Trinajstić information content (AvgIpc) is 3.20. The van der Waals surface area contributed by atoms with Crippen molar-refractivity contribution in [2.75, 3.05) is 0 Å². The molecule has 0 bridgehead atoms. The standard InChI is InChI=1S/C24H24ClN5/c1-5-6-20-28-22-15(2)11-16(3)27-24(22)30(20)13-17-7-9-18(10-8-17)21-19(12-26)14-29(4)23(21)25/h7-11,14H,5-6,13H2,1-4H3. The van der Waals surface area contributed by atoms with E-state index < -0.39 is 0 Å². The van der Waals surface area contributed by atoms with E-state index in [1.807, 2.05) is 26.1 Å². The molecule has 6 heteroatoms. The summed E-state index contributed by atoms with van der Waals surface area (Å²) in [5.74, 6) is 1.07. The summed E-state index contributed by atoms with van der Waals surface area (Å²) in [5, 5.41) is 10.0. The smallest absolute Gasteiger partial charge is 0.160 e. The largest absolute Gasteiger partial charge is 0.340 e. The number of pyridine rings is 1. The maximum atomic E-state index is 9.43. The fourth-order valence-electron chi connectivity index (χ4n) is 3.95. The Bertz CT molecular complexity index is 1270. The Balaban J connectivity index is 1.73. The summed E-state index contributed by atoms with van der Waals surface area (Å²) >= 11 is 6.42. The van der Waals surface area contributed by atoms with Gasteiger partial charge in [-0.05, 0) is 43.0 Å². The monoisotopic (exact) mass is 417 g/mol. The summed E-state index contributed by atoms with van der Waals surface area (Å²) in [6.45, 7) is 6.99. The third-order valence-electron chi connectivity index (χ3n) is 5.39. The van der Waals surface area contributed by atoms with Gasteiger partial charge in [0.15, 0.2) is 5.65 Å². The molecule has 5 nitrogen and oxygen atoms in total. The van der Waals surface area contributed by atoms with Crippen LogP contribution in [-0.4, -0.2) is 19.1 Å². The maximum Gasteiger partial charge on any atom is 0.160 e. The van der Waals surface area contributed by atoms with Crippen LogP contribution >= 0.6 is 11.6 Å². The van der Waals surface area contributed by atoms with Crippen LogP contribution < -0.4 is 0 Å². The molecule has 3 aromatic heterocycles. The zero-order valence-electron chi connectivity index (χ0n) is 17.7. The molecule has 30 heavy (non-hydrogen) atoms. The summed E-state index contributed by atoms with van der Waals surface area (Å²) in [4.78, 5) is 9.67. The van der Waals surface area contributed by atoms with Gasteiger partial charge in [0.2, 0.25) is 0 Å². The number of rotatable bonds is 5. The lowest BCUT2D eigenvalue weighted by atomic mass is 10.0. The molecule has 0 spiro atoms. The van der Waals surface area contributed by atoms with Gasteiger partial charge in [0.05, 0.1) is 12.1 Å². The van der Waals surface area contributed by atoms with Gasteiger partial charge < -0.3 is 9.13 Å². The first-order chi connectivity index (χ1) is 14.4. The van der Waals surface area contributed by atoms with E-state index in [2.05, 4.69) is 42.7 Å². The van der Waals surface area contributed by atoms with Crippen molar-refractivity contribution in [1.29, 1.82) is 5.26 Å². The molecule has 152 valence electrons. The Morgan fingerprint density at radius 1 is 1.13 bits per heavy atom. The quantitative estimate of drug-likeness (QED) is 0.426. The minimum absolute atomic E-state index is 0.570. The number of fused-ring (bicyclic) bond motifs is 1. The van der Waals surface area contributed by atoms with E-state index in [1.54, 1.807) is 10.8 Å². The number of aromatic nitrogens is 4. The second-order valence-corrected chi connectivity index (χ2v) is 8.10. The van der Waals surface area contributed by atoms with E-state index >= 15 is 0 Å². The van der Waals surface area contributed by atoms with Crippen LogP contribution in [0.2, 0.25) is 5.15 Å². The minimum atomic E-state index is 0.570. The molecule has 4 aromatic rings. The van der Waals surface area contributed by atoms with Gasteiger partial charge in [0.1, 0.15) is 22.6 Å². The first kappa shape index (κ1) is 20.2. The zero-order valence-corrected chi connectivity index (χ0v) is 18.5. The maximum absolute atomic E-state index is 9.43. The Morgan fingerprint density at radius 3 is 2.53 bits per heavy atom. The fourth-order valence-corrected chi connectivity index (χ4v) is 4.21. The molecule has 0 saturated heterocycles. The summed E-state index contributed by atoms with van der Waals surface area (Å²) in [6, 6.07) is 12.5. The van der Waals surface area contributed by atoms with E-state index in [4.69, 9.17) is 21.6 Å². The molecule has 0 aliphatic rings. The van der Waals surface area contributed by atoms with Crippen LogP contribution in [0, 0.1) is 25.2 Å². The number of halogens is 1. The van der Waals surface area contributed by atoms with Gasteiger partial charge in [0, 0.05) is 30.9 Å². The molecule has 4 rings (SSSR count). The van der Waals surface area contributed by atoms with Crippen LogP contribution in [0.1, 0.15) is 41.6 Å². The Labute approximate surface area is 181 Å². The van der Waals surface area contributed by atoms with Gasteiger partial charge in [-0.2, -0.15) is 5.26 Å². The van der Waals surface area contributed by atoms with Crippen LogP contribution in [0.3, 0.4) is 0 Å². The van der Waals surface area contributed by atoms with Gasteiger partial charge in [-0.15, -0.1) is 0 Å². The molecule has 0 radical (unpaired) electrons. The van der Waals surface area contributed by atoms with Gasteiger partial charge in [0.25, 0.3) is 0 Å². The normalized spacial score (nSPS) is 11.2. The zero-order chi connectivity index (χ0) is 21.4. The van der Waals surface area contributed by atoms with Crippen molar-refractivity contribution in [2.24, 2.45) is 7.05 Å². The molecule has 0 amide bonds. The second kappa shape index (κ2) is 7.97. The Morgan fingerprint density at radius 2 is 1.87 bits per heavy atom. The Kier molecular flexibility index (Phi) is 5.36. The summed E-state index contributed by atoms with van der Waals surface area (Å²) in [7, 11) is 1.84. The fraction of sp³-hybridized carbons (Fsp3) is 0.292. The third-order valence-corrected chi connectivity index (χ3v) is 5.84. The van der Waals surface area contributed by atoms with Crippen LogP contribution in [0.5, 0.6) is 0 Å². The van der Waals surface area contributed by atoms with Crippen molar-refractivity contribution in [2.45, 2.75) is 40.2 Å². The van der Waals surface area contributed by atoms with E-state index in [1.165, 1.54) is 0 Å². The predicted molar refractivity (Wildman–Crippen MR) is 121 cm³/mol. The summed E-state index contributed by atoms with van der Waals surface area (Å²) in [6.07, 6.45) is 3.71. The number of imidazole rings is 1. The minimum Gasteiger partial charge on any atom is -0.340 e. The first-order valence-corrected chi connectivity index (χ1v) is 10.5. The molecule has 0 atom stereocenters. The molecule has 0 saturated carbocycles. The van der Waals surface area contributed by atoms with E-state index in [0.29, 0.717) is 17.3 Å². The van der Waals surface area contributed by atoms with Crippen molar-refractivity contribution >= 4 is 22.8 Å². The molecule has 1 aromatic carbocycles. The highest BCUT2D eigenvalue weighted by atomic mass is 35.5. The lowest BCUT2D eigenvalue weighted by Gasteiger charge is -2.10. The van der Waals surface area contributed by atoms with Gasteiger partial charge in [-0.1, -0.05) is 42.8 Å². The van der Waals surface area contributed by atoms with Gasteiger partial charge in [-0.3, -0.25) is 0 Å². The number of nitriles is 1. The van der Waals surface area contributed by atoms with Crippen molar-refractivity contribution in [1.82, 2.24) is 19.1 Å². The number of hydrogen-bond acceptors (Lipinski definition) is 3. The topological polar surface area (TPSA) is 59.4 Å². The van der Waals surface area contributed by atoms with Crippen molar-refractivity contribution in [3.63, 3.8) is 0 Å². The number of benzene rings is 1. The predicted octanol–water partition coefficient (Wildman–Crippen LogP) is 5.58. The van der Waals surface area contributed by atoms with E-state index in [9.17, 15) is 5.26 Å². The summed E-state index contributed by atoms with van der Waals surface area (Å²) < 4.78 is 4.00. The average molecular weight is 418 g/mol. The van der Waals surface area contributed by atoms with Gasteiger partial charge >= 0.3 is 0 Å². The summed E-state index contributed by atoms with van der Waals surface area (Å²) in [5.41, 5.74) is 7.54. The molecule has 0 unspecified atom stereocenters. The highest BCUT2D eigenvalue weighted by Gasteiger charge is 2.16.